The van der Waals surface area contributed by atoms with Gasteiger partial charge in [0.15, 0.2) is 6.29 Å². The topological polar surface area (TPSA) is 53.2 Å². The van der Waals surface area contributed by atoms with Crippen molar-refractivity contribution in [2.75, 3.05) is 25.1 Å². The van der Waals surface area contributed by atoms with E-state index in [1.807, 2.05) is 72.3 Å². The van der Waals surface area contributed by atoms with Crippen molar-refractivity contribution < 1.29 is 9.18 Å². The molecule has 2 aromatic carbocycles. The van der Waals surface area contributed by atoms with Crippen LogP contribution in [0.5, 0.6) is 0 Å². The molecule has 1 unspecified atom stereocenters. The number of pyridine rings is 1. The van der Waals surface area contributed by atoms with Crippen LogP contribution in [0.15, 0.2) is 94.6 Å². The summed E-state index contributed by atoms with van der Waals surface area (Å²) in [5.41, 5.74) is 2.46. The van der Waals surface area contributed by atoms with Gasteiger partial charge in [0.05, 0.1) is 36.4 Å². The third kappa shape index (κ3) is 6.53. The van der Waals surface area contributed by atoms with Crippen molar-refractivity contribution >= 4 is 38.3 Å². The molecule has 0 saturated heterocycles. The second-order valence-electron chi connectivity index (χ2n) is 8.74. The largest absolute Gasteiger partial charge is 0.342 e. The summed E-state index contributed by atoms with van der Waals surface area (Å²) in [5, 5.41) is 14.9. The van der Waals surface area contributed by atoms with Crippen LogP contribution in [0.1, 0.15) is 22.3 Å². The van der Waals surface area contributed by atoms with E-state index in [0.29, 0.717) is 41.7 Å². The van der Waals surface area contributed by atoms with Crippen LogP contribution >= 0.6 is 9.24 Å². The monoisotopic (exact) mass is 525 g/mol. The van der Waals surface area contributed by atoms with E-state index in [1.54, 1.807) is 28.5 Å². The number of hydrazone groups is 1. The van der Waals surface area contributed by atoms with E-state index in [4.69, 9.17) is 11.5 Å². The summed E-state index contributed by atoms with van der Waals surface area (Å²) in [6.45, 7) is 1.39. The number of hydrogen-bond donors (Lipinski definition) is 0. The number of benzene rings is 2. The summed E-state index contributed by atoms with van der Waals surface area (Å²) in [6, 6.07) is 12.8. The van der Waals surface area contributed by atoms with Crippen molar-refractivity contribution in [2.24, 2.45) is 10.2 Å². The zero-order valence-corrected chi connectivity index (χ0v) is 22.3. The summed E-state index contributed by atoms with van der Waals surface area (Å²) in [4.78, 5) is 12.1. The lowest BCUT2D eigenvalue weighted by molar-refractivity contribution is 0.112. The second kappa shape index (κ2) is 12.8. The average Bonchev–Trinajstić information content (AvgIpc) is 2.93. The molecule has 0 spiro atoms. The molecule has 0 bridgehead atoms. The maximum atomic E-state index is 15.2. The lowest BCUT2D eigenvalue weighted by atomic mass is 10.1. The van der Waals surface area contributed by atoms with E-state index in [2.05, 4.69) is 20.3 Å². The Bertz CT molecular complexity index is 1560. The number of carbonyl (C=O) groups is 1. The maximum absolute atomic E-state index is 15.2. The van der Waals surface area contributed by atoms with Gasteiger partial charge in [0, 0.05) is 36.8 Å². The van der Waals surface area contributed by atoms with E-state index >= 15 is 4.39 Å². The highest BCUT2D eigenvalue weighted by atomic mass is 31.0. The normalized spacial score (nSPS) is 13.9. The molecule has 0 radical (unpaired) electrons. The van der Waals surface area contributed by atoms with Gasteiger partial charge in [-0.3, -0.25) is 14.8 Å². The molecule has 0 N–H and O–H groups in total. The van der Waals surface area contributed by atoms with Crippen LogP contribution in [0.25, 0.3) is 10.9 Å². The molecule has 3 aromatic rings. The van der Waals surface area contributed by atoms with Crippen LogP contribution in [-0.2, 0) is 6.54 Å². The first-order valence-electron chi connectivity index (χ1n) is 12.1. The van der Waals surface area contributed by atoms with Crippen LogP contribution in [0, 0.1) is 18.2 Å². The molecule has 8 heteroatoms. The van der Waals surface area contributed by atoms with E-state index in [-0.39, 0.29) is 12.4 Å². The molecule has 1 aliphatic heterocycles. The van der Waals surface area contributed by atoms with Crippen molar-refractivity contribution in [3.63, 3.8) is 0 Å². The Hall–Kier alpha value is -4.27. The molecular formula is C30H29FN5OP. The summed E-state index contributed by atoms with van der Waals surface area (Å²) < 4.78 is 17.0. The van der Waals surface area contributed by atoms with Gasteiger partial charge in [0.25, 0.3) is 0 Å². The first-order valence-corrected chi connectivity index (χ1v) is 12.7. The highest BCUT2D eigenvalue weighted by Crippen LogP contribution is 2.22. The lowest BCUT2D eigenvalue weighted by Gasteiger charge is -2.20. The van der Waals surface area contributed by atoms with E-state index in [9.17, 15) is 4.79 Å². The molecule has 1 aliphatic rings. The number of aldehydes is 1. The van der Waals surface area contributed by atoms with Crippen molar-refractivity contribution in [3.8, 4) is 12.3 Å². The predicted molar refractivity (Wildman–Crippen MR) is 156 cm³/mol. The number of rotatable bonds is 9. The fourth-order valence-corrected chi connectivity index (χ4v) is 4.50. The van der Waals surface area contributed by atoms with Crippen LogP contribution < -0.4 is 10.4 Å². The number of hydrogen-bond acceptors (Lipinski definition) is 5. The SMILES string of the molecule is C#CC/C=C\C=C(\P)CN(C)/N=c1\c(C=O)cn(Cc2ccc(N3CC=CC=N3)cc2F)c2ccccc12. The number of carbonyl (C=O) groups excluding carboxylic acids is 1. The Labute approximate surface area is 224 Å². The first-order chi connectivity index (χ1) is 18.5. The van der Waals surface area contributed by atoms with Crippen LogP contribution in [0.2, 0.25) is 0 Å². The summed E-state index contributed by atoms with van der Waals surface area (Å²) in [6.07, 6.45) is 19.6. The molecule has 38 heavy (non-hydrogen) atoms. The van der Waals surface area contributed by atoms with Gasteiger partial charge in [-0.05, 0) is 29.6 Å². The number of allylic oxidation sites excluding steroid dienone is 4. The zero-order valence-electron chi connectivity index (χ0n) is 21.2. The number of aromatic nitrogens is 1. The fourth-order valence-electron chi connectivity index (χ4n) is 4.13. The number of halogens is 1. The molecule has 0 amide bonds. The predicted octanol–water partition coefficient (Wildman–Crippen LogP) is 5.09. The Morgan fingerprint density at radius 1 is 1.32 bits per heavy atom. The summed E-state index contributed by atoms with van der Waals surface area (Å²) >= 11 is 0. The Morgan fingerprint density at radius 3 is 2.89 bits per heavy atom. The molecule has 0 fully saturated rings. The van der Waals surface area contributed by atoms with Gasteiger partial charge >= 0.3 is 0 Å². The molecule has 1 aromatic heterocycles. The van der Waals surface area contributed by atoms with Crippen LogP contribution in [0.3, 0.4) is 0 Å². The number of nitrogens with zero attached hydrogens (tertiary/aromatic N) is 5. The molecule has 1 atom stereocenters. The quantitative estimate of drug-likeness (QED) is 0.129. The van der Waals surface area contributed by atoms with Gasteiger partial charge in [0.2, 0.25) is 0 Å². The van der Waals surface area contributed by atoms with Crippen LogP contribution in [-0.4, -0.2) is 42.2 Å². The maximum Gasteiger partial charge on any atom is 0.153 e. The van der Waals surface area contributed by atoms with Crippen molar-refractivity contribution in [1.29, 1.82) is 0 Å². The zero-order chi connectivity index (χ0) is 26.9. The van der Waals surface area contributed by atoms with Crippen molar-refractivity contribution in [2.45, 2.75) is 13.0 Å². The summed E-state index contributed by atoms with van der Waals surface area (Å²) in [5.74, 6) is 2.23. The number of para-hydroxylation sites is 1. The molecule has 2 heterocycles. The van der Waals surface area contributed by atoms with Crippen molar-refractivity contribution in [3.05, 3.63) is 107 Å². The van der Waals surface area contributed by atoms with Gasteiger partial charge in [0.1, 0.15) is 11.2 Å². The number of likely N-dealkylation sites (N-methyl/N-ethyl adjacent to an activating group) is 1. The van der Waals surface area contributed by atoms with Gasteiger partial charge in [-0.2, -0.15) is 10.2 Å². The standard InChI is InChI=1S/C30H29FN5OP/c1-3-4-5-6-11-26(38)21-34(2)33-30-24(22-37)20-35(29-13-8-7-12-27(29)30)19-23-14-15-25(18-28(23)31)36-17-10-9-16-32-36/h1,5-16,18,20,22H,4,17,19,21,38H2,2H3/b6-5-,26-11+,33-30+. The number of terminal acetylenes is 1. The van der Waals surface area contributed by atoms with E-state index in [0.717, 1.165) is 22.5 Å². The molecule has 0 saturated carbocycles. The highest BCUT2D eigenvalue weighted by Gasteiger charge is 2.13. The minimum absolute atomic E-state index is 0.259. The lowest BCUT2D eigenvalue weighted by Crippen LogP contribution is -2.23. The smallest absolute Gasteiger partial charge is 0.153 e. The Balaban J connectivity index is 1.66. The minimum Gasteiger partial charge on any atom is -0.342 e. The third-order valence-electron chi connectivity index (χ3n) is 5.91. The van der Waals surface area contributed by atoms with E-state index in [1.165, 1.54) is 6.07 Å². The molecule has 4 rings (SSSR count). The first kappa shape index (κ1) is 26.8. The summed E-state index contributed by atoms with van der Waals surface area (Å²) in [7, 11) is 4.55. The van der Waals surface area contributed by atoms with Gasteiger partial charge in [-0.25, -0.2) is 4.39 Å². The second-order valence-corrected chi connectivity index (χ2v) is 9.48. The van der Waals surface area contributed by atoms with Gasteiger partial charge < -0.3 is 4.57 Å². The molecule has 0 aliphatic carbocycles. The van der Waals surface area contributed by atoms with Crippen molar-refractivity contribution in [1.82, 2.24) is 9.58 Å². The molecule has 192 valence electrons. The third-order valence-corrected chi connectivity index (χ3v) is 6.29. The van der Waals surface area contributed by atoms with Gasteiger partial charge in [-0.15, -0.1) is 21.6 Å². The minimum atomic E-state index is -0.332. The molecule has 6 nitrogen and oxygen atoms in total. The fraction of sp³-hybridized carbons (Fsp3) is 0.167. The van der Waals surface area contributed by atoms with Crippen LogP contribution in [0.4, 0.5) is 10.1 Å². The number of anilines is 1. The average molecular weight is 526 g/mol. The Morgan fingerprint density at radius 2 is 2.16 bits per heavy atom. The Kier molecular flexibility index (Phi) is 9.02. The number of fused-ring (bicyclic) bond motifs is 1. The highest BCUT2D eigenvalue weighted by molar-refractivity contribution is 7.22. The van der Waals surface area contributed by atoms with E-state index < -0.39 is 0 Å². The van der Waals surface area contributed by atoms with Gasteiger partial charge in [-0.1, -0.05) is 48.6 Å². The molecular weight excluding hydrogens is 496 g/mol.